The highest BCUT2D eigenvalue weighted by atomic mass is 14.4. The van der Waals surface area contributed by atoms with Crippen molar-refractivity contribution in [2.45, 2.75) is 19.3 Å². The lowest BCUT2D eigenvalue weighted by Crippen LogP contribution is -2.17. The molecular formula is C61H40. The Bertz CT molecular complexity index is 3790. The molecule has 1 aliphatic rings. The lowest BCUT2D eigenvalue weighted by molar-refractivity contribution is 0.668. The first-order chi connectivity index (χ1) is 30.1. The van der Waals surface area contributed by atoms with Crippen molar-refractivity contribution in [2.75, 3.05) is 0 Å². The van der Waals surface area contributed by atoms with Gasteiger partial charge in [-0.05, 0) is 143 Å². The van der Waals surface area contributed by atoms with Crippen molar-refractivity contribution in [3.63, 3.8) is 0 Å². The first-order valence-electron chi connectivity index (χ1n) is 21.5. The third-order valence-corrected chi connectivity index (χ3v) is 13.9. The Hall–Kier alpha value is -7.54. The van der Waals surface area contributed by atoms with Crippen molar-refractivity contribution in [3.8, 4) is 44.5 Å². The van der Waals surface area contributed by atoms with Crippen LogP contribution >= 0.6 is 0 Å². The lowest BCUT2D eigenvalue weighted by Gasteiger charge is -2.26. The summed E-state index contributed by atoms with van der Waals surface area (Å²) < 4.78 is 0. The summed E-state index contributed by atoms with van der Waals surface area (Å²) in [5, 5.41) is 18.1. The zero-order valence-corrected chi connectivity index (χ0v) is 34.1. The second kappa shape index (κ2) is 12.7. The maximum absolute atomic E-state index is 2.45. The summed E-state index contributed by atoms with van der Waals surface area (Å²) in [4.78, 5) is 0. The highest BCUT2D eigenvalue weighted by Gasteiger charge is 2.40. The molecule has 0 amide bonds. The van der Waals surface area contributed by atoms with Gasteiger partial charge in [0, 0.05) is 5.41 Å². The Balaban J connectivity index is 1.05. The highest BCUT2D eigenvalue weighted by molar-refractivity contribution is 6.28. The third-order valence-electron chi connectivity index (χ3n) is 13.9. The Kier molecular flexibility index (Phi) is 7.17. The molecule has 0 heteroatoms. The number of hydrogen-bond donors (Lipinski definition) is 0. The van der Waals surface area contributed by atoms with Gasteiger partial charge in [0.05, 0.1) is 0 Å². The highest BCUT2D eigenvalue weighted by Crippen LogP contribution is 2.57. The van der Waals surface area contributed by atoms with Crippen LogP contribution in [0, 0.1) is 0 Å². The predicted octanol–water partition coefficient (Wildman–Crippen LogP) is 17.1. The molecule has 13 rings (SSSR count). The molecule has 0 fully saturated rings. The van der Waals surface area contributed by atoms with Gasteiger partial charge in [-0.25, -0.2) is 0 Å². The molecule has 0 unspecified atom stereocenters. The molecule has 284 valence electrons. The van der Waals surface area contributed by atoms with Crippen molar-refractivity contribution in [1.82, 2.24) is 0 Å². The zero-order chi connectivity index (χ0) is 40.4. The van der Waals surface area contributed by atoms with E-state index in [9.17, 15) is 0 Å². The number of hydrogen-bond acceptors (Lipinski definition) is 0. The SMILES string of the molecule is CC1(C)c2c(-c3cccc(-c4c5ccccc5c(-c5cc6ccc7ccccc7c6c6ccccc56)c5ccccc45)c3)cccc2-c2c1c1ccccc1c1ccccc21. The van der Waals surface area contributed by atoms with E-state index in [1.165, 1.54) is 131 Å². The van der Waals surface area contributed by atoms with Gasteiger partial charge in [0.1, 0.15) is 0 Å². The first-order valence-corrected chi connectivity index (χ1v) is 21.5. The Morgan fingerprint density at radius 2 is 0.738 bits per heavy atom. The van der Waals surface area contributed by atoms with E-state index in [1.54, 1.807) is 0 Å². The van der Waals surface area contributed by atoms with Gasteiger partial charge in [-0.1, -0.05) is 208 Å². The Morgan fingerprint density at radius 1 is 0.262 bits per heavy atom. The van der Waals surface area contributed by atoms with Crippen LogP contribution in [0.15, 0.2) is 206 Å². The summed E-state index contributed by atoms with van der Waals surface area (Å²) >= 11 is 0. The van der Waals surface area contributed by atoms with E-state index >= 15 is 0 Å². The maximum atomic E-state index is 2.45. The molecule has 0 nitrogen and oxygen atoms in total. The lowest BCUT2D eigenvalue weighted by atomic mass is 9.76. The van der Waals surface area contributed by atoms with Crippen LogP contribution in [0.3, 0.4) is 0 Å². The van der Waals surface area contributed by atoms with Gasteiger partial charge >= 0.3 is 0 Å². The largest absolute Gasteiger partial charge is 0.0616 e. The molecule has 0 saturated heterocycles. The van der Waals surface area contributed by atoms with Crippen molar-refractivity contribution in [2.24, 2.45) is 0 Å². The van der Waals surface area contributed by atoms with Gasteiger partial charge in [0.2, 0.25) is 0 Å². The number of rotatable bonds is 3. The molecule has 0 bridgehead atoms. The first kappa shape index (κ1) is 34.3. The van der Waals surface area contributed by atoms with Crippen LogP contribution in [0.4, 0.5) is 0 Å². The minimum atomic E-state index is -0.211. The van der Waals surface area contributed by atoms with E-state index in [0.29, 0.717) is 0 Å². The van der Waals surface area contributed by atoms with E-state index in [2.05, 4.69) is 220 Å². The molecule has 1 aliphatic carbocycles. The molecule has 61 heavy (non-hydrogen) atoms. The van der Waals surface area contributed by atoms with Gasteiger partial charge in [0.25, 0.3) is 0 Å². The summed E-state index contributed by atoms with van der Waals surface area (Å²) in [6.45, 7) is 4.87. The van der Waals surface area contributed by atoms with Gasteiger partial charge in [-0.15, -0.1) is 0 Å². The smallest absolute Gasteiger partial charge is 0.0171 e. The molecule has 0 radical (unpaired) electrons. The van der Waals surface area contributed by atoms with Crippen LogP contribution in [0.1, 0.15) is 25.0 Å². The normalized spacial score (nSPS) is 13.2. The van der Waals surface area contributed by atoms with Gasteiger partial charge in [-0.3, -0.25) is 0 Å². The molecule has 0 saturated carbocycles. The second-order valence-electron chi connectivity index (χ2n) is 17.5. The molecular weight excluding hydrogens is 733 g/mol. The average Bonchev–Trinajstić information content (AvgIpc) is 3.57. The van der Waals surface area contributed by atoms with Crippen molar-refractivity contribution in [3.05, 3.63) is 217 Å². The van der Waals surface area contributed by atoms with Gasteiger partial charge < -0.3 is 0 Å². The zero-order valence-electron chi connectivity index (χ0n) is 34.1. The van der Waals surface area contributed by atoms with Crippen LogP contribution < -0.4 is 0 Å². The molecule has 0 spiro atoms. The van der Waals surface area contributed by atoms with Gasteiger partial charge in [0.15, 0.2) is 0 Å². The quantitative estimate of drug-likeness (QED) is 0.124. The standard InChI is InChI=1S/C61H40/c1-61(2)59-42(31-16-32-53(59)58-47-25-9-5-21-43(47)44-22-7-14-30-52(44)60(58)61)38-18-15-19-39(35-38)56-48-26-10-12-28-50(48)57(51-29-13-11-27-49(51)56)54-36-40-34-33-37-17-3-4-20-41(37)55(40)46-24-8-6-23-45(46)54/h3-36H,1-2H3. The maximum Gasteiger partial charge on any atom is 0.0171 e. The van der Waals surface area contributed by atoms with E-state index in [0.717, 1.165) is 0 Å². The van der Waals surface area contributed by atoms with E-state index in [1.807, 2.05) is 0 Å². The fraction of sp³-hybridized carbons (Fsp3) is 0.0492. The van der Waals surface area contributed by atoms with Crippen molar-refractivity contribution in [1.29, 1.82) is 0 Å². The molecule has 0 aromatic heterocycles. The van der Waals surface area contributed by atoms with Crippen LogP contribution in [0.2, 0.25) is 0 Å². The van der Waals surface area contributed by atoms with E-state index in [4.69, 9.17) is 0 Å². The summed E-state index contributed by atoms with van der Waals surface area (Å²) in [7, 11) is 0. The van der Waals surface area contributed by atoms with Gasteiger partial charge in [-0.2, -0.15) is 0 Å². The molecule has 12 aromatic carbocycles. The Labute approximate surface area is 355 Å². The monoisotopic (exact) mass is 772 g/mol. The van der Waals surface area contributed by atoms with Crippen LogP contribution in [0.5, 0.6) is 0 Å². The third kappa shape index (κ3) is 4.76. The molecule has 12 aromatic rings. The van der Waals surface area contributed by atoms with E-state index in [-0.39, 0.29) is 5.41 Å². The van der Waals surface area contributed by atoms with Crippen LogP contribution in [-0.4, -0.2) is 0 Å². The number of fused-ring (bicyclic) bond motifs is 15. The predicted molar refractivity (Wildman–Crippen MR) is 263 cm³/mol. The van der Waals surface area contributed by atoms with Crippen LogP contribution in [0.25, 0.3) is 120 Å². The second-order valence-corrected chi connectivity index (χ2v) is 17.5. The van der Waals surface area contributed by atoms with E-state index < -0.39 is 0 Å². The van der Waals surface area contributed by atoms with Crippen molar-refractivity contribution < 1.29 is 0 Å². The molecule has 0 N–H and O–H groups in total. The molecule has 0 heterocycles. The summed E-state index contributed by atoms with van der Waals surface area (Å²) in [6.07, 6.45) is 0. The fourth-order valence-electron chi connectivity index (χ4n) is 11.5. The topological polar surface area (TPSA) is 0 Å². The molecule has 0 atom stereocenters. The minimum absolute atomic E-state index is 0.211. The summed E-state index contributed by atoms with van der Waals surface area (Å²) in [6, 6.07) is 77.3. The summed E-state index contributed by atoms with van der Waals surface area (Å²) in [5.41, 5.74) is 13.0. The molecule has 0 aliphatic heterocycles. The minimum Gasteiger partial charge on any atom is -0.0616 e. The number of benzene rings is 12. The van der Waals surface area contributed by atoms with Crippen molar-refractivity contribution >= 4 is 75.4 Å². The van der Waals surface area contributed by atoms with Crippen LogP contribution in [-0.2, 0) is 5.41 Å². The fourth-order valence-corrected chi connectivity index (χ4v) is 11.5. The Morgan fingerprint density at radius 3 is 1.43 bits per heavy atom. The summed E-state index contributed by atoms with van der Waals surface area (Å²) in [5.74, 6) is 0. The average molecular weight is 773 g/mol.